The van der Waals surface area contributed by atoms with Gasteiger partial charge in [-0.2, -0.15) is 0 Å². The molecule has 0 radical (unpaired) electrons. The number of thiazole rings is 1. The first-order chi connectivity index (χ1) is 8.88. The second kappa shape index (κ2) is 5.54. The Kier molecular flexibility index (Phi) is 4.19. The maximum Gasteiger partial charge on any atom is 0.241 e. The van der Waals surface area contributed by atoms with Crippen LogP contribution in [0.1, 0.15) is 23.7 Å². The van der Waals surface area contributed by atoms with Crippen LogP contribution < -0.4 is 4.72 Å². The van der Waals surface area contributed by atoms with Gasteiger partial charge in [-0.3, -0.25) is 0 Å². The third kappa shape index (κ3) is 3.50. The molecule has 0 saturated carbocycles. The molecule has 1 unspecified atom stereocenters. The highest BCUT2D eigenvalue weighted by Crippen LogP contribution is 2.20. The topological polar surface area (TPSA) is 72.0 Å². The van der Waals surface area contributed by atoms with Crippen LogP contribution in [0.4, 0.5) is 0 Å². The molecule has 0 aliphatic carbocycles. The third-order valence-corrected chi connectivity index (χ3v) is 5.24. The Morgan fingerprint density at radius 1 is 1.47 bits per heavy atom. The van der Waals surface area contributed by atoms with Gasteiger partial charge < -0.3 is 0 Å². The lowest BCUT2D eigenvalue weighted by Crippen LogP contribution is -2.26. The molecule has 2 aromatic rings. The van der Waals surface area contributed by atoms with Crippen LogP contribution >= 0.6 is 22.9 Å². The molecule has 5 nitrogen and oxygen atoms in total. The number of hydrogen-bond acceptors (Lipinski definition) is 5. The lowest BCUT2D eigenvalue weighted by atomic mass is 10.4. The summed E-state index contributed by atoms with van der Waals surface area (Å²) >= 11 is 7.11. The predicted molar refractivity (Wildman–Crippen MR) is 74.8 cm³/mol. The summed E-state index contributed by atoms with van der Waals surface area (Å²) in [7, 11) is -3.63. The van der Waals surface area contributed by atoms with Crippen molar-refractivity contribution in [3.63, 3.8) is 0 Å². The molecule has 0 bridgehead atoms. The van der Waals surface area contributed by atoms with Crippen molar-refractivity contribution in [2.45, 2.75) is 24.8 Å². The van der Waals surface area contributed by atoms with Crippen LogP contribution in [0.25, 0.3) is 0 Å². The predicted octanol–water partition coefficient (Wildman–Crippen LogP) is 2.54. The van der Waals surface area contributed by atoms with Gasteiger partial charge in [-0.15, -0.1) is 11.3 Å². The Bertz CT molecular complexity index is 685. The molecule has 2 rings (SSSR count). The van der Waals surface area contributed by atoms with Crippen LogP contribution in [-0.2, 0) is 10.0 Å². The van der Waals surface area contributed by atoms with Crippen LogP contribution in [0, 0.1) is 6.92 Å². The summed E-state index contributed by atoms with van der Waals surface area (Å²) in [5, 5.41) is 2.74. The monoisotopic (exact) mass is 317 g/mol. The highest BCUT2D eigenvalue weighted by molar-refractivity contribution is 7.89. The molecule has 1 atom stereocenters. The summed E-state index contributed by atoms with van der Waals surface area (Å²) in [5.74, 6) is 0. The minimum absolute atomic E-state index is 0.0904. The van der Waals surface area contributed by atoms with Gasteiger partial charge in [-0.25, -0.2) is 23.1 Å². The van der Waals surface area contributed by atoms with Crippen molar-refractivity contribution in [1.82, 2.24) is 14.7 Å². The summed E-state index contributed by atoms with van der Waals surface area (Å²) < 4.78 is 26.9. The number of hydrogen-bond donors (Lipinski definition) is 1. The summed E-state index contributed by atoms with van der Waals surface area (Å²) in [6.45, 7) is 3.61. The largest absolute Gasteiger partial charge is 0.245 e. The Morgan fingerprint density at radius 2 is 2.21 bits per heavy atom. The highest BCUT2D eigenvalue weighted by atomic mass is 35.5. The second-order valence-electron chi connectivity index (χ2n) is 3.98. The summed E-state index contributed by atoms with van der Waals surface area (Å²) in [5.41, 5.74) is 0.873. The highest BCUT2D eigenvalue weighted by Gasteiger charge is 2.20. The van der Waals surface area contributed by atoms with Gasteiger partial charge >= 0.3 is 0 Å². The number of rotatable bonds is 4. The van der Waals surface area contributed by atoms with Gasteiger partial charge in [0.05, 0.1) is 10.9 Å². The third-order valence-electron chi connectivity index (χ3n) is 2.35. The molecule has 8 heteroatoms. The van der Waals surface area contributed by atoms with Crippen molar-refractivity contribution in [3.05, 3.63) is 39.6 Å². The molecule has 1 N–H and O–H groups in total. The van der Waals surface area contributed by atoms with Crippen molar-refractivity contribution in [2.24, 2.45) is 0 Å². The van der Waals surface area contributed by atoms with Crippen molar-refractivity contribution in [1.29, 1.82) is 0 Å². The van der Waals surface area contributed by atoms with E-state index in [0.717, 1.165) is 10.7 Å². The summed E-state index contributed by atoms with van der Waals surface area (Å²) in [4.78, 5) is 8.11. The van der Waals surface area contributed by atoms with Crippen molar-refractivity contribution in [3.8, 4) is 0 Å². The molecule has 19 heavy (non-hydrogen) atoms. The van der Waals surface area contributed by atoms with E-state index in [4.69, 9.17) is 11.6 Å². The molecule has 0 amide bonds. The van der Waals surface area contributed by atoms with E-state index in [2.05, 4.69) is 14.7 Å². The van der Waals surface area contributed by atoms with Crippen molar-refractivity contribution < 1.29 is 8.42 Å². The fourth-order valence-electron chi connectivity index (χ4n) is 1.47. The Hall–Kier alpha value is -1.02. The molecule has 2 heterocycles. The molecule has 0 aliphatic rings. The maximum absolute atomic E-state index is 12.2. The van der Waals surface area contributed by atoms with Crippen LogP contribution in [0.5, 0.6) is 0 Å². The van der Waals surface area contributed by atoms with Gasteiger partial charge in [0, 0.05) is 17.3 Å². The van der Waals surface area contributed by atoms with E-state index in [9.17, 15) is 8.42 Å². The van der Waals surface area contributed by atoms with Gasteiger partial charge in [0.15, 0.2) is 0 Å². The first-order valence-corrected chi connectivity index (χ1v) is 8.18. The smallest absolute Gasteiger partial charge is 0.241 e. The van der Waals surface area contributed by atoms with Gasteiger partial charge in [0.1, 0.15) is 10.2 Å². The quantitative estimate of drug-likeness (QED) is 0.880. The SMILES string of the molecule is Cc1csc(C(C)NS(=O)(=O)c2ccnc(Cl)c2)n1. The molecule has 0 aromatic carbocycles. The van der Waals surface area contributed by atoms with Crippen molar-refractivity contribution >= 4 is 33.0 Å². The zero-order chi connectivity index (χ0) is 14.0. The summed E-state index contributed by atoms with van der Waals surface area (Å²) in [6, 6.07) is 2.31. The number of halogens is 1. The standard InChI is InChI=1S/C11H12ClN3O2S2/c1-7-6-18-11(14-7)8(2)15-19(16,17)9-3-4-13-10(12)5-9/h3-6,8,15H,1-2H3. The number of sulfonamides is 1. The minimum Gasteiger partial charge on any atom is -0.245 e. The first kappa shape index (κ1) is 14.4. The lowest BCUT2D eigenvalue weighted by molar-refractivity contribution is 0.566. The fraction of sp³-hybridized carbons (Fsp3) is 0.273. The van der Waals surface area contributed by atoms with Gasteiger partial charge in [0.2, 0.25) is 10.0 Å². The second-order valence-corrected chi connectivity index (χ2v) is 6.98. The zero-order valence-electron chi connectivity index (χ0n) is 10.3. The number of aromatic nitrogens is 2. The normalized spacial score (nSPS) is 13.4. The van der Waals surface area contributed by atoms with E-state index in [1.165, 1.54) is 29.7 Å². The zero-order valence-corrected chi connectivity index (χ0v) is 12.7. The van der Waals surface area contributed by atoms with Crippen LogP contribution in [-0.4, -0.2) is 18.4 Å². The molecule has 0 fully saturated rings. The molecule has 0 saturated heterocycles. The number of nitrogens with one attached hydrogen (secondary N) is 1. The van der Waals surface area contributed by atoms with Crippen LogP contribution in [0.3, 0.4) is 0 Å². The Labute approximate surface area is 120 Å². The first-order valence-electron chi connectivity index (χ1n) is 5.44. The minimum atomic E-state index is -3.63. The van der Waals surface area contributed by atoms with E-state index < -0.39 is 16.1 Å². The fourth-order valence-corrected chi connectivity index (χ4v) is 3.81. The van der Waals surface area contributed by atoms with E-state index in [1.54, 1.807) is 6.92 Å². The number of pyridine rings is 1. The molecular formula is C11H12ClN3O2S2. The van der Waals surface area contributed by atoms with Gasteiger partial charge in [0.25, 0.3) is 0 Å². The van der Waals surface area contributed by atoms with E-state index in [-0.39, 0.29) is 10.0 Å². The number of nitrogens with zero attached hydrogens (tertiary/aromatic N) is 2. The molecule has 0 aliphatic heterocycles. The van der Waals surface area contributed by atoms with Crippen molar-refractivity contribution in [2.75, 3.05) is 0 Å². The maximum atomic E-state index is 12.2. The molecule has 0 spiro atoms. The number of aryl methyl sites for hydroxylation is 1. The summed E-state index contributed by atoms with van der Waals surface area (Å²) in [6.07, 6.45) is 1.36. The average molecular weight is 318 g/mol. The van der Waals surface area contributed by atoms with Crippen LogP contribution in [0.15, 0.2) is 28.6 Å². The Morgan fingerprint density at radius 3 is 2.79 bits per heavy atom. The molecule has 2 aromatic heterocycles. The van der Waals surface area contributed by atoms with E-state index >= 15 is 0 Å². The van der Waals surface area contributed by atoms with E-state index in [1.807, 2.05) is 12.3 Å². The average Bonchev–Trinajstić information content (AvgIpc) is 2.75. The Balaban J connectivity index is 2.22. The molecular weight excluding hydrogens is 306 g/mol. The molecule has 102 valence electrons. The van der Waals surface area contributed by atoms with Crippen LogP contribution in [0.2, 0.25) is 5.15 Å². The lowest BCUT2D eigenvalue weighted by Gasteiger charge is -2.11. The van der Waals surface area contributed by atoms with E-state index in [0.29, 0.717) is 0 Å². The van der Waals surface area contributed by atoms with Gasteiger partial charge in [-0.1, -0.05) is 11.6 Å². The van der Waals surface area contributed by atoms with Gasteiger partial charge in [-0.05, 0) is 26.0 Å².